The van der Waals surface area contributed by atoms with Crippen LogP contribution in [-0.2, 0) is 11.3 Å². The SMILES string of the molecule is CCSc1nc2ncn(CC(=O)Nc3ccc(F)c(C)c3)c(=O)c2s1. The van der Waals surface area contributed by atoms with Crippen molar-refractivity contribution in [2.75, 3.05) is 11.1 Å². The number of aryl methyl sites for hydroxylation is 1. The fourth-order valence-electron chi connectivity index (χ4n) is 2.20. The van der Waals surface area contributed by atoms with Crippen LogP contribution in [0, 0.1) is 12.7 Å². The van der Waals surface area contributed by atoms with Crippen molar-refractivity contribution >= 4 is 45.0 Å². The van der Waals surface area contributed by atoms with Gasteiger partial charge in [-0.05, 0) is 36.4 Å². The number of hydrogen-bond donors (Lipinski definition) is 1. The molecule has 6 nitrogen and oxygen atoms in total. The summed E-state index contributed by atoms with van der Waals surface area (Å²) in [6.07, 6.45) is 1.32. The van der Waals surface area contributed by atoms with E-state index in [2.05, 4.69) is 15.3 Å². The predicted molar refractivity (Wildman–Crippen MR) is 97.8 cm³/mol. The minimum Gasteiger partial charge on any atom is -0.325 e. The number of carbonyl (C=O) groups excluding carboxylic acids is 1. The number of nitrogens with zero attached hydrogens (tertiary/aromatic N) is 3. The van der Waals surface area contributed by atoms with Gasteiger partial charge in [-0.25, -0.2) is 14.4 Å². The van der Waals surface area contributed by atoms with Crippen LogP contribution in [0.15, 0.2) is 33.7 Å². The molecule has 2 heterocycles. The average Bonchev–Trinajstić information content (AvgIpc) is 2.98. The summed E-state index contributed by atoms with van der Waals surface area (Å²) in [5.41, 5.74) is 1.02. The minimum absolute atomic E-state index is 0.174. The summed E-state index contributed by atoms with van der Waals surface area (Å²) in [5, 5.41) is 2.65. The third-order valence-corrected chi connectivity index (χ3v) is 5.45. The average molecular weight is 378 g/mol. The van der Waals surface area contributed by atoms with Gasteiger partial charge in [0.1, 0.15) is 23.4 Å². The third-order valence-electron chi connectivity index (χ3n) is 3.39. The van der Waals surface area contributed by atoms with Gasteiger partial charge in [-0.15, -0.1) is 11.3 Å². The number of fused-ring (bicyclic) bond motifs is 1. The number of benzene rings is 1. The zero-order valence-electron chi connectivity index (χ0n) is 13.6. The Morgan fingerprint density at radius 3 is 2.96 bits per heavy atom. The number of rotatable bonds is 5. The molecule has 130 valence electrons. The van der Waals surface area contributed by atoms with Crippen LogP contribution in [0.25, 0.3) is 10.3 Å². The van der Waals surface area contributed by atoms with Crippen molar-refractivity contribution in [3.63, 3.8) is 0 Å². The molecule has 0 aliphatic rings. The van der Waals surface area contributed by atoms with Crippen molar-refractivity contribution in [1.29, 1.82) is 0 Å². The molecule has 0 saturated heterocycles. The molecule has 0 unspecified atom stereocenters. The minimum atomic E-state index is -0.387. The molecule has 0 aliphatic carbocycles. The van der Waals surface area contributed by atoms with Gasteiger partial charge in [0.2, 0.25) is 5.91 Å². The van der Waals surface area contributed by atoms with E-state index in [1.165, 1.54) is 40.4 Å². The quantitative estimate of drug-likeness (QED) is 0.691. The molecule has 0 bridgehead atoms. The highest BCUT2D eigenvalue weighted by molar-refractivity contribution is 8.01. The van der Waals surface area contributed by atoms with Crippen molar-refractivity contribution in [2.45, 2.75) is 24.7 Å². The van der Waals surface area contributed by atoms with Gasteiger partial charge >= 0.3 is 0 Å². The van der Waals surface area contributed by atoms with E-state index < -0.39 is 0 Å². The number of anilines is 1. The number of halogens is 1. The van der Waals surface area contributed by atoms with E-state index in [0.717, 1.165) is 10.1 Å². The second-order valence-corrected chi connectivity index (χ2v) is 7.77. The molecular weight excluding hydrogens is 363 g/mol. The summed E-state index contributed by atoms with van der Waals surface area (Å²) in [6, 6.07) is 4.30. The fraction of sp³-hybridized carbons (Fsp3) is 0.250. The summed E-state index contributed by atoms with van der Waals surface area (Å²) in [5.74, 6) is 0.129. The summed E-state index contributed by atoms with van der Waals surface area (Å²) in [6.45, 7) is 3.44. The first kappa shape index (κ1) is 17.6. The van der Waals surface area contributed by atoms with Crippen LogP contribution in [0.3, 0.4) is 0 Å². The maximum absolute atomic E-state index is 13.3. The molecule has 25 heavy (non-hydrogen) atoms. The van der Waals surface area contributed by atoms with E-state index in [1.807, 2.05) is 6.92 Å². The normalized spacial score (nSPS) is 11.0. The van der Waals surface area contributed by atoms with E-state index in [9.17, 15) is 14.0 Å². The van der Waals surface area contributed by atoms with Crippen LogP contribution in [0.1, 0.15) is 12.5 Å². The lowest BCUT2D eigenvalue weighted by Gasteiger charge is -2.08. The van der Waals surface area contributed by atoms with Crippen molar-refractivity contribution in [1.82, 2.24) is 14.5 Å². The van der Waals surface area contributed by atoms with E-state index in [1.54, 1.807) is 18.7 Å². The molecule has 0 saturated carbocycles. The number of nitrogens with one attached hydrogen (secondary N) is 1. The summed E-state index contributed by atoms with van der Waals surface area (Å²) in [7, 11) is 0. The van der Waals surface area contributed by atoms with Gasteiger partial charge in [0.15, 0.2) is 9.99 Å². The third kappa shape index (κ3) is 3.88. The summed E-state index contributed by atoms with van der Waals surface area (Å²) >= 11 is 2.82. The van der Waals surface area contributed by atoms with Crippen LogP contribution in [0.4, 0.5) is 10.1 Å². The molecule has 0 aliphatic heterocycles. The van der Waals surface area contributed by atoms with Crippen LogP contribution < -0.4 is 10.9 Å². The Bertz CT molecular complexity index is 999. The monoisotopic (exact) mass is 378 g/mol. The van der Waals surface area contributed by atoms with E-state index in [0.29, 0.717) is 21.6 Å². The Morgan fingerprint density at radius 2 is 2.24 bits per heavy atom. The van der Waals surface area contributed by atoms with Gasteiger partial charge in [0, 0.05) is 5.69 Å². The largest absolute Gasteiger partial charge is 0.325 e. The first-order valence-electron chi connectivity index (χ1n) is 7.52. The molecule has 0 spiro atoms. The maximum atomic E-state index is 13.3. The predicted octanol–water partition coefficient (Wildman–Crippen LogP) is 3.05. The van der Waals surface area contributed by atoms with Crippen molar-refractivity contribution in [3.8, 4) is 0 Å². The van der Waals surface area contributed by atoms with Gasteiger partial charge in [-0.3, -0.25) is 14.2 Å². The molecular formula is C16H15FN4O2S2. The molecule has 0 atom stereocenters. The first-order chi connectivity index (χ1) is 12.0. The van der Waals surface area contributed by atoms with Crippen LogP contribution >= 0.6 is 23.1 Å². The second kappa shape index (κ2) is 7.32. The van der Waals surface area contributed by atoms with E-state index in [-0.39, 0.29) is 23.8 Å². The second-order valence-electron chi connectivity index (χ2n) is 5.26. The number of hydrogen-bond acceptors (Lipinski definition) is 6. The number of thioether (sulfide) groups is 1. The van der Waals surface area contributed by atoms with Crippen LogP contribution in [0.5, 0.6) is 0 Å². The topological polar surface area (TPSA) is 76.9 Å². The maximum Gasteiger partial charge on any atom is 0.273 e. The molecule has 2 aromatic heterocycles. The molecule has 1 aromatic carbocycles. The van der Waals surface area contributed by atoms with Crippen molar-refractivity contribution < 1.29 is 9.18 Å². The zero-order chi connectivity index (χ0) is 18.0. The highest BCUT2D eigenvalue weighted by Crippen LogP contribution is 2.25. The molecule has 1 N–H and O–H groups in total. The fourth-order valence-corrected chi connectivity index (χ4v) is 4.14. The van der Waals surface area contributed by atoms with E-state index in [4.69, 9.17) is 0 Å². The first-order valence-corrected chi connectivity index (χ1v) is 9.33. The van der Waals surface area contributed by atoms with Crippen molar-refractivity contribution in [2.24, 2.45) is 0 Å². The zero-order valence-corrected chi connectivity index (χ0v) is 15.2. The molecule has 1 amide bonds. The molecule has 3 rings (SSSR count). The summed E-state index contributed by atoms with van der Waals surface area (Å²) < 4.78 is 15.7. The van der Waals surface area contributed by atoms with Gasteiger partial charge in [0.25, 0.3) is 5.56 Å². The number of thiazole rings is 1. The smallest absolute Gasteiger partial charge is 0.273 e. The Morgan fingerprint density at radius 1 is 1.44 bits per heavy atom. The molecule has 0 radical (unpaired) electrons. The van der Waals surface area contributed by atoms with Gasteiger partial charge in [-0.2, -0.15) is 0 Å². The Kier molecular flexibility index (Phi) is 5.14. The van der Waals surface area contributed by atoms with Gasteiger partial charge in [-0.1, -0.05) is 18.7 Å². The van der Waals surface area contributed by atoms with Crippen LogP contribution in [0.2, 0.25) is 0 Å². The lowest BCUT2D eigenvalue weighted by Crippen LogP contribution is -2.27. The molecule has 3 aromatic rings. The Labute approximate surface area is 151 Å². The van der Waals surface area contributed by atoms with Crippen LogP contribution in [-0.4, -0.2) is 26.2 Å². The Balaban J connectivity index is 1.79. The Hall–Kier alpha value is -2.26. The van der Waals surface area contributed by atoms with E-state index >= 15 is 0 Å². The molecule has 0 fully saturated rings. The lowest BCUT2D eigenvalue weighted by molar-refractivity contribution is -0.116. The highest BCUT2D eigenvalue weighted by atomic mass is 32.2. The van der Waals surface area contributed by atoms with Gasteiger partial charge in [0.05, 0.1) is 0 Å². The van der Waals surface area contributed by atoms with Crippen molar-refractivity contribution in [3.05, 3.63) is 46.3 Å². The van der Waals surface area contributed by atoms with Gasteiger partial charge < -0.3 is 5.32 Å². The number of carbonyl (C=O) groups is 1. The lowest BCUT2D eigenvalue weighted by atomic mass is 10.2. The highest BCUT2D eigenvalue weighted by Gasteiger charge is 2.13. The molecule has 9 heteroatoms. The standard InChI is InChI=1S/C16H15FN4O2S2/c1-3-24-16-20-14-13(25-16)15(23)21(8-18-14)7-12(22)19-10-4-5-11(17)9(2)6-10/h4-6,8H,3,7H2,1-2H3,(H,19,22). The summed E-state index contributed by atoms with van der Waals surface area (Å²) in [4.78, 5) is 33.1. The number of aromatic nitrogens is 3. The number of amides is 1.